The van der Waals surface area contributed by atoms with Crippen molar-refractivity contribution in [1.82, 2.24) is 9.47 Å². The summed E-state index contributed by atoms with van der Waals surface area (Å²) in [6.45, 7) is 2.01. The lowest BCUT2D eigenvalue weighted by Crippen LogP contribution is -2.30. The van der Waals surface area contributed by atoms with Crippen LogP contribution in [-0.2, 0) is 16.1 Å². The minimum absolute atomic E-state index is 0.110. The van der Waals surface area contributed by atoms with Crippen LogP contribution in [0, 0.1) is 6.92 Å². The van der Waals surface area contributed by atoms with Crippen molar-refractivity contribution in [1.29, 1.82) is 0 Å². The average Bonchev–Trinajstić information content (AvgIpc) is 3.25. The van der Waals surface area contributed by atoms with E-state index in [2.05, 4.69) is 15.9 Å². The van der Waals surface area contributed by atoms with Crippen LogP contribution in [-0.4, -0.2) is 27.1 Å². The Kier molecular flexibility index (Phi) is 5.45. The molecule has 0 atom stereocenters. The number of hydrogen-bond acceptors (Lipinski definition) is 3. The highest BCUT2D eigenvalue weighted by atomic mass is 79.9. The van der Waals surface area contributed by atoms with Crippen LogP contribution >= 0.6 is 27.5 Å². The van der Waals surface area contributed by atoms with Crippen molar-refractivity contribution >= 4 is 45.1 Å². The molecule has 2 aromatic carbocycles. The molecule has 0 fully saturated rings. The number of halogens is 2. The Hall–Kier alpha value is -2.96. The van der Waals surface area contributed by atoms with Gasteiger partial charge in [-0.05, 0) is 48.9 Å². The zero-order chi connectivity index (χ0) is 21.4. The molecule has 7 heteroatoms. The van der Waals surface area contributed by atoms with Gasteiger partial charge in [-0.3, -0.25) is 19.3 Å². The highest BCUT2D eigenvalue weighted by Gasteiger charge is 2.26. The van der Waals surface area contributed by atoms with Gasteiger partial charge in [-0.25, -0.2) is 0 Å². The molecular weight excluding hydrogens is 468 g/mol. The number of amides is 2. The quantitative estimate of drug-likeness (QED) is 0.385. The third kappa shape index (κ3) is 3.64. The van der Waals surface area contributed by atoms with Gasteiger partial charge in [0, 0.05) is 39.6 Å². The molecule has 30 heavy (non-hydrogen) atoms. The first-order chi connectivity index (χ1) is 14.4. The molecule has 0 saturated carbocycles. The fourth-order valence-corrected chi connectivity index (χ4v) is 4.00. The van der Waals surface area contributed by atoms with E-state index in [-0.39, 0.29) is 24.1 Å². The van der Waals surface area contributed by atoms with Gasteiger partial charge in [-0.15, -0.1) is 0 Å². The number of benzene rings is 2. The number of nitrogens with zero attached hydrogens (tertiary/aromatic N) is 2. The van der Waals surface area contributed by atoms with E-state index in [1.54, 1.807) is 30.3 Å². The lowest BCUT2D eigenvalue weighted by molar-refractivity contribution is -0.137. The summed E-state index contributed by atoms with van der Waals surface area (Å²) in [6.07, 6.45) is 4.35. The summed E-state index contributed by atoms with van der Waals surface area (Å²) < 4.78 is 2.59. The zero-order valence-electron chi connectivity index (χ0n) is 15.9. The second-order valence-electron chi connectivity index (χ2n) is 6.88. The number of aromatic nitrogens is 1. The Morgan fingerprint density at radius 2 is 1.70 bits per heavy atom. The third-order valence-corrected chi connectivity index (χ3v) is 5.83. The number of hydrogen-bond donors (Lipinski definition) is 0. The van der Waals surface area contributed by atoms with E-state index in [1.807, 2.05) is 35.9 Å². The first-order valence-corrected chi connectivity index (χ1v) is 10.3. The minimum atomic E-state index is -0.352. The van der Waals surface area contributed by atoms with E-state index in [1.165, 1.54) is 17.1 Å². The molecule has 1 aromatic heterocycles. The van der Waals surface area contributed by atoms with Gasteiger partial charge in [0.25, 0.3) is 11.8 Å². The van der Waals surface area contributed by atoms with E-state index in [0.29, 0.717) is 21.8 Å². The van der Waals surface area contributed by atoms with Gasteiger partial charge in [0.05, 0.1) is 17.3 Å². The van der Waals surface area contributed by atoms with Crippen molar-refractivity contribution in [3.05, 3.63) is 98.8 Å². The fraction of sp³-hybridized carbons (Fsp3) is 0.0870. The van der Waals surface area contributed by atoms with Gasteiger partial charge in [0.2, 0.25) is 0 Å². The van der Waals surface area contributed by atoms with E-state index in [9.17, 15) is 14.4 Å². The van der Waals surface area contributed by atoms with Gasteiger partial charge in [-0.2, -0.15) is 0 Å². The Balaban J connectivity index is 1.81. The predicted octanol–water partition coefficient (Wildman–Crippen LogP) is 4.86. The number of rotatable bonds is 5. The topological polar surface area (TPSA) is 59.4 Å². The molecule has 1 aliphatic heterocycles. The van der Waals surface area contributed by atoms with Gasteiger partial charge in [-0.1, -0.05) is 39.7 Å². The smallest absolute Gasteiger partial charge is 0.253 e. The molecule has 0 radical (unpaired) electrons. The number of imide groups is 1. The van der Waals surface area contributed by atoms with Crippen LogP contribution in [0.2, 0.25) is 5.02 Å². The summed E-state index contributed by atoms with van der Waals surface area (Å²) >= 11 is 9.70. The Morgan fingerprint density at radius 1 is 1.00 bits per heavy atom. The Morgan fingerprint density at radius 3 is 2.40 bits per heavy atom. The maximum atomic E-state index is 13.3. The van der Waals surface area contributed by atoms with E-state index >= 15 is 0 Å². The molecule has 0 bridgehead atoms. The highest BCUT2D eigenvalue weighted by Crippen LogP contribution is 2.28. The zero-order valence-corrected chi connectivity index (χ0v) is 18.3. The van der Waals surface area contributed by atoms with Crippen molar-refractivity contribution < 1.29 is 14.4 Å². The molecule has 0 saturated heterocycles. The third-order valence-electron chi connectivity index (χ3n) is 5.01. The van der Waals surface area contributed by atoms with Crippen LogP contribution < -0.4 is 0 Å². The maximum absolute atomic E-state index is 13.3. The molecule has 0 unspecified atom stereocenters. The van der Waals surface area contributed by atoms with Gasteiger partial charge in [0.1, 0.15) is 0 Å². The summed E-state index contributed by atoms with van der Waals surface area (Å²) in [5.74, 6) is -0.921. The van der Waals surface area contributed by atoms with Gasteiger partial charge < -0.3 is 4.57 Å². The molecule has 5 nitrogen and oxygen atoms in total. The predicted molar refractivity (Wildman–Crippen MR) is 118 cm³/mol. The summed E-state index contributed by atoms with van der Waals surface area (Å²) in [4.78, 5) is 38.6. The number of carbonyl (C=O) groups excluding carboxylic acids is 3. The number of carbonyl (C=O) groups is 3. The van der Waals surface area contributed by atoms with Crippen molar-refractivity contribution in [3.8, 4) is 5.69 Å². The lowest BCUT2D eigenvalue weighted by Gasteiger charge is -2.19. The van der Waals surface area contributed by atoms with Gasteiger partial charge in [0.15, 0.2) is 5.78 Å². The number of ketones is 1. The monoisotopic (exact) mass is 482 g/mol. The van der Waals surface area contributed by atoms with Crippen LogP contribution in [0.3, 0.4) is 0 Å². The fourth-order valence-electron chi connectivity index (χ4n) is 3.42. The van der Waals surface area contributed by atoms with Crippen molar-refractivity contribution in [3.63, 3.8) is 0 Å². The summed E-state index contributed by atoms with van der Waals surface area (Å²) in [5.41, 5.74) is 3.14. The normalized spacial score (nSPS) is 13.4. The largest absolute Gasteiger partial charge is 0.318 e. The summed E-state index contributed by atoms with van der Waals surface area (Å²) in [5, 5.41) is 0.372. The molecule has 4 rings (SSSR count). The summed E-state index contributed by atoms with van der Waals surface area (Å²) in [6, 6.07) is 14.2. The van der Waals surface area contributed by atoms with Crippen LogP contribution in [0.1, 0.15) is 27.2 Å². The first kappa shape index (κ1) is 20.3. The highest BCUT2D eigenvalue weighted by molar-refractivity contribution is 9.10. The summed E-state index contributed by atoms with van der Waals surface area (Å²) in [7, 11) is 0. The molecule has 0 N–H and O–H groups in total. The molecule has 0 aliphatic carbocycles. The lowest BCUT2D eigenvalue weighted by atomic mass is 10.0. The Labute approximate surface area is 186 Å². The molecule has 2 heterocycles. The minimum Gasteiger partial charge on any atom is -0.318 e. The Bertz CT molecular complexity index is 1210. The van der Waals surface area contributed by atoms with Crippen LogP contribution in [0.4, 0.5) is 0 Å². The molecule has 3 aromatic rings. The van der Waals surface area contributed by atoms with Crippen molar-refractivity contribution in [2.24, 2.45) is 0 Å². The average molecular weight is 484 g/mol. The SMILES string of the molecule is Cc1ccn(-c2ccc(Br)cc2C(=O)c2ccccc2Cl)c1CN1C(=O)C=CC1=O. The second-order valence-corrected chi connectivity index (χ2v) is 8.20. The molecule has 2 amide bonds. The van der Waals surface area contributed by atoms with Crippen molar-refractivity contribution in [2.45, 2.75) is 13.5 Å². The van der Waals surface area contributed by atoms with Crippen LogP contribution in [0.15, 0.2) is 71.4 Å². The molecule has 150 valence electrons. The maximum Gasteiger partial charge on any atom is 0.253 e. The van der Waals surface area contributed by atoms with E-state index in [4.69, 9.17) is 11.6 Å². The van der Waals surface area contributed by atoms with Crippen LogP contribution in [0.5, 0.6) is 0 Å². The molecule has 1 aliphatic rings. The first-order valence-electron chi connectivity index (χ1n) is 9.16. The van der Waals surface area contributed by atoms with E-state index < -0.39 is 0 Å². The van der Waals surface area contributed by atoms with Crippen LogP contribution in [0.25, 0.3) is 5.69 Å². The van der Waals surface area contributed by atoms with E-state index in [0.717, 1.165) is 15.7 Å². The van der Waals surface area contributed by atoms with Gasteiger partial charge >= 0.3 is 0 Å². The standard InChI is InChI=1S/C23H16BrClN2O3/c1-14-10-11-26(20(14)13-27-21(28)8-9-22(27)29)19-7-6-15(24)12-17(19)23(30)16-4-2-3-5-18(16)25/h2-12H,13H2,1H3. The molecular formula is C23H16BrClN2O3. The number of aryl methyl sites for hydroxylation is 1. The van der Waals surface area contributed by atoms with Crippen molar-refractivity contribution in [2.75, 3.05) is 0 Å². The second kappa shape index (κ2) is 8.05. The molecule has 0 spiro atoms.